The standard InChI is InChI=1S/C14H15N5OS/c20-13(11-3-1-5-15-11)18-8-4-10-9-21-14(19-10)12-16-6-2-7-17-12/h1-3,6-7,9,11,15H,4-5,8H2,(H,18,20). The maximum absolute atomic E-state index is 11.8. The molecule has 108 valence electrons. The predicted octanol–water partition coefficient (Wildman–Crippen LogP) is 0.787. The van der Waals surface area contributed by atoms with E-state index in [-0.39, 0.29) is 11.9 Å². The highest BCUT2D eigenvalue weighted by Gasteiger charge is 2.16. The molecule has 0 aromatic carbocycles. The van der Waals surface area contributed by atoms with Crippen LogP contribution in [0.15, 0.2) is 36.0 Å². The van der Waals surface area contributed by atoms with E-state index in [0.717, 1.165) is 17.2 Å². The normalized spacial score (nSPS) is 17.0. The van der Waals surface area contributed by atoms with Crippen molar-refractivity contribution in [2.24, 2.45) is 0 Å². The fraction of sp³-hybridized carbons (Fsp3) is 0.286. The minimum atomic E-state index is -0.200. The van der Waals surface area contributed by atoms with E-state index in [9.17, 15) is 4.79 Å². The highest BCUT2D eigenvalue weighted by atomic mass is 32.1. The second kappa shape index (κ2) is 6.55. The van der Waals surface area contributed by atoms with Gasteiger partial charge in [0.15, 0.2) is 10.8 Å². The third-order valence-electron chi connectivity index (χ3n) is 3.06. The van der Waals surface area contributed by atoms with Crippen LogP contribution >= 0.6 is 11.3 Å². The van der Waals surface area contributed by atoms with Gasteiger partial charge in [-0.25, -0.2) is 15.0 Å². The maximum Gasteiger partial charge on any atom is 0.241 e. The van der Waals surface area contributed by atoms with Gasteiger partial charge in [-0.05, 0) is 6.07 Å². The van der Waals surface area contributed by atoms with Gasteiger partial charge in [-0.3, -0.25) is 10.1 Å². The molecule has 0 bridgehead atoms. The summed E-state index contributed by atoms with van der Waals surface area (Å²) in [4.78, 5) is 24.6. The van der Waals surface area contributed by atoms with Crippen LogP contribution in [0.3, 0.4) is 0 Å². The van der Waals surface area contributed by atoms with Crippen molar-refractivity contribution in [3.63, 3.8) is 0 Å². The molecular weight excluding hydrogens is 286 g/mol. The summed E-state index contributed by atoms with van der Waals surface area (Å²) in [5, 5.41) is 8.76. The fourth-order valence-corrected chi connectivity index (χ4v) is 2.80. The lowest BCUT2D eigenvalue weighted by molar-refractivity contribution is -0.121. The van der Waals surface area contributed by atoms with Gasteiger partial charge in [-0.1, -0.05) is 12.2 Å². The third-order valence-corrected chi connectivity index (χ3v) is 3.94. The van der Waals surface area contributed by atoms with Gasteiger partial charge in [-0.2, -0.15) is 0 Å². The van der Waals surface area contributed by atoms with Crippen molar-refractivity contribution in [2.75, 3.05) is 13.1 Å². The molecule has 2 aromatic rings. The Hall–Kier alpha value is -2.12. The molecule has 0 saturated carbocycles. The van der Waals surface area contributed by atoms with Crippen LogP contribution in [0.25, 0.3) is 10.8 Å². The maximum atomic E-state index is 11.8. The van der Waals surface area contributed by atoms with Crippen molar-refractivity contribution in [3.8, 4) is 10.8 Å². The van der Waals surface area contributed by atoms with E-state index in [1.165, 1.54) is 11.3 Å². The average molecular weight is 301 g/mol. The zero-order valence-electron chi connectivity index (χ0n) is 11.3. The lowest BCUT2D eigenvalue weighted by Gasteiger charge is -2.09. The molecule has 1 unspecified atom stereocenters. The molecule has 1 atom stereocenters. The molecule has 1 amide bonds. The van der Waals surface area contributed by atoms with Crippen molar-refractivity contribution < 1.29 is 4.79 Å². The first kappa shape index (κ1) is 13.8. The number of rotatable bonds is 5. The lowest BCUT2D eigenvalue weighted by Crippen LogP contribution is -2.41. The summed E-state index contributed by atoms with van der Waals surface area (Å²) in [7, 11) is 0. The Bertz CT molecular complexity index is 640. The first-order valence-electron chi connectivity index (χ1n) is 6.72. The Kier molecular flexibility index (Phi) is 4.32. The second-order valence-electron chi connectivity index (χ2n) is 4.57. The summed E-state index contributed by atoms with van der Waals surface area (Å²) < 4.78 is 0. The van der Waals surface area contributed by atoms with Crippen LogP contribution in [-0.2, 0) is 11.2 Å². The molecule has 21 heavy (non-hydrogen) atoms. The highest BCUT2D eigenvalue weighted by molar-refractivity contribution is 7.13. The van der Waals surface area contributed by atoms with Crippen molar-refractivity contribution in [1.82, 2.24) is 25.6 Å². The van der Waals surface area contributed by atoms with Crippen LogP contribution in [0.2, 0.25) is 0 Å². The van der Waals surface area contributed by atoms with E-state index in [2.05, 4.69) is 25.6 Å². The van der Waals surface area contributed by atoms with Crippen LogP contribution in [0.1, 0.15) is 5.69 Å². The van der Waals surface area contributed by atoms with Gasteiger partial charge in [0.1, 0.15) is 6.04 Å². The molecule has 2 aromatic heterocycles. The molecule has 0 saturated heterocycles. The Morgan fingerprint density at radius 1 is 1.43 bits per heavy atom. The number of hydrogen-bond acceptors (Lipinski definition) is 6. The molecule has 3 heterocycles. The van der Waals surface area contributed by atoms with Crippen LogP contribution in [0.4, 0.5) is 0 Å². The summed E-state index contributed by atoms with van der Waals surface area (Å²) in [6, 6.07) is 1.58. The monoisotopic (exact) mass is 301 g/mol. The second-order valence-corrected chi connectivity index (χ2v) is 5.43. The van der Waals surface area contributed by atoms with E-state index in [1.54, 1.807) is 18.5 Å². The van der Waals surface area contributed by atoms with Gasteiger partial charge in [-0.15, -0.1) is 11.3 Å². The molecule has 0 spiro atoms. The summed E-state index contributed by atoms with van der Waals surface area (Å²) >= 11 is 1.51. The van der Waals surface area contributed by atoms with Crippen LogP contribution in [-0.4, -0.2) is 40.0 Å². The number of carbonyl (C=O) groups is 1. The van der Waals surface area contributed by atoms with E-state index in [0.29, 0.717) is 18.8 Å². The van der Waals surface area contributed by atoms with Gasteiger partial charge < -0.3 is 5.32 Å². The SMILES string of the molecule is O=C(NCCc1csc(-c2ncccn2)n1)C1C=CCN1. The fourth-order valence-electron chi connectivity index (χ4n) is 2.01. The summed E-state index contributed by atoms with van der Waals surface area (Å²) in [5.74, 6) is 0.642. The largest absolute Gasteiger partial charge is 0.354 e. The highest BCUT2D eigenvalue weighted by Crippen LogP contribution is 2.19. The Labute approximate surface area is 126 Å². The van der Waals surface area contributed by atoms with Crippen LogP contribution in [0.5, 0.6) is 0 Å². The molecule has 1 aliphatic rings. The predicted molar refractivity (Wildman–Crippen MR) is 80.8 cm³/mol. The summed E-state index contributed by atoms with van der Waals surface area (Å²) in [5.41, 5.74) is 0.942. The van der Waals surface area contributed by atoms with Crippen LogP contribution < -0.4 is 10.6 Å². The minimum absolute atomic E-state index is 0.00518. The number of carbonyl (C=O) groups excluding carboxylic acids is 1. The van der Waals surface area contributed by atoms with Gasteiger partial charge in [0.25, 0.3) is 0 Å². The molecule has 0 aliphatic carbocycles. The molecule has 7 heteroatoms. The molecular formula is C14H15N5OS. The Morgan fingerprint density at radius 3 is 3.05 bits per heavy atom. The Balaban J connectivity index is 1.51. The van der Waals surface area contributed by atoms with Crippen molar-refractivity contribution in [3.05, 3.63) is 41.7 Å². The van der Waals surface area contributed by atoms with E-state index >= 15 is 0 Å². The van der Waals surface area contributed by atoms with E-state index in [1.807, 2.05) is 17.5 Å². The number of nitrogens with zero attached hydrogens (tertiary/aromatic N) is 3. The molecule has 1 aliphatic heterocycles. The summed E-state index contributed by atoms with van der Waals surface area (Å²) in [6.45, 7) is 1.33. The van der Waals surface area contributed by atoms with Gasteiger partial charge in [0, 0.05) is 37.3 Å². The zero-order chi connectivity index (χ0) is 14.5. The average Bonchev–Trinajstić information content (AvgIpc) is 3.20. The molecule has 3 rings (SSSR count). The quantitative estimate of drug-likeness (QED) is 0.798. The van der Waals surface area contributed by atoms with E-state index < -0.39 is 0 Å². The molecule has 2 N–H and O–H groups in total. The number of nitrogens with one attached hydrogen (secondary N) is 2. The van der Waals surface area contributed by atoms with Gasteiger partial charge in [0.2, 0.25) is 5.91 Å². The van der Waals surface area contributed by atoms with Gasteiger partial charge >= 0.3 is 0 Å². The molecule has 0 radical (unpaired) electrons. The first-order chi connectivity index (χ1) is 10.3. The van der Waals surface area contributed by atoms with Crippen molar-refractivity contribution in [1.29, 1.82) is 0 Å². The molecule has 0 fully saturated rings. The van der Waals surface area contributed by atoms with Gasteiger partial charge in [0.05, 0.1) is 5.69 Å². The summed E-state index contributed by atoms with van der Waals surface area (Å²) in [6.07, 6.45) is 7.93. The number of thiazole rings is 1. The number of hydrogen-bond donors (Lipinski definition) is 2. The molecule has 6 nitrogen and oxygen atoms in total. The van der Waals surface area contributed by atoms with Crippen LogP contribution in [0, 0.1) is 0 Å². The minimum Gasteiger partial charge on any atom is -0.354 e. The lowest BCUT2D eigenvalue weighted by atomic mass is 10.3. The third kappa shape index (κ3) is 3.50. The van der Waals surface area contributed by atoms with E-state index in [4.69, 9.17) is 0 Å². The topological polar surface area (TPSA) is 79.8 Å². The zero-order valence-corrected chi connectivity index (χ0v) is 12.1. The first-order valence-corrected chi connectivity index (χ1v) is 7.60. The number of aromatic nitrogens is 3. The van der Waals surface area contributed by atoms with Crippen molar-refractivity contribution >= 4 is 17.2 Å². The number of amides is 1. The Morgan fingerprint density at radius 2 is 2.29 bits per heavy atom. The van der Waals surface area contributed by atoms with Crippen molar-refractivity contribution in [2.45, 2.75) is 12.5 Å². The smallest absolute Gasteiger partial charge is 0.241 e.